The summed E-state index contributed by atoms with van der Waals surface area (Å²) in [7, 11) is 0. The molecule has 35 heavy (non-hydrogen) atoms. The monoisotopic (exact) mass is 507 g/mol. The highest BCUT2D eigenvalue weighted by atomic mass is 19.4. The predicted octanol–water partition coefficient (Wildman–Crippen LogP) is 4.02. The number of hydrogen-bond donors (Lipinski definition) is 2. The number of alkyl halides is 4. The number of allylic oxidation sites excluding steroid dienone is 3. The molecule has 0 radical (unpaired) electrons. The summed E-state index contributed by atoms with van der Waals surface area (Å²) in [4.78, 5) is 16.3. The standard InChI is InChI=1S/C25H41F4N3O3/c1-4-30-18-24(9-5-20(3)35-25(27,28)29)10-15-31(16-11-24)17-22(33)21-7-13-32(14-8-21)23(34)19(2)6-12-26/h5-6,21-22,30,33H,4,7-18H2,1-3H3/b19-6+,20-5+. The van der Waals surface area contributed by atoms with Crippen LogP contribution in [0.4, 0.5) is 17.6 Å². The Morgan fingerprint density at radius 3 is 2.34 bits per heavy atom. The average molecular weight is 508 g/mol. The van der Waals surface area contributed by atoms with Gasteiger partial charge in [-0.2, -0.15) is 0 Å². The molecular formula is C25H41F4N3O3. The molecule has 2 aliphatic rings. The summed E-state index contributed by atoms with van der Waals surface area (Å²) in [6.07, 6.45) is 1.19. The molecule has 2 rings (SSSR count). The number of halogens is 4. The number of hydrogen-bond acceptors (Lipinski definition) is 5. The van der Waals surface area contributed by atoms with E-state index in [2.05, 4.69) is 15.0 Å². The van der Waals surface area contributed by atoms with E-state index in [-0.39, 0.29) is 23.0 Å². The summed E-state index contributed by atoms with van der Waals surface area (Å²) < 4.78 is 53.9. The zero-order valence-corrected chi connectivity index (χ0v) is 21.2. The fraction of sp³-hybridized carbons (Fsp3) is 0.800. The van der Waals surface area contributed by atoms with E-state index in [1.807, 2.05) is 6.92 Å². The highest BCUT2D eigenvalue weighted by Gasteiger charge is 2.36. The van der Waals surface area contributed by atoms with Crippen LogP contribution in [-0.2, 0) is 9.53 Å². The van der Waals surface area contributed by atoms with E-state index in [1.165, 1.54) is 19.1 Å². The van der Waals surface area contributed by atoms with Crippen LogP contribution < -0.4 is 5.32 Å². The molecule has 0 aromatic heterocycles. The van der Waals surface area contributed by atoms with E-state index in [0.717, 1.165) is 39.0 Å². The van der Waals surface area contributed by atoms with Gasteiger partial charge in [0.15, 0.2) is 0 Å². The smallest absolute Gasteiger partial charge is 0.411 e. The fourth-order valence-corrected chi connectivity index (χ4v) is 4.99. The first-order chi connectivity index (χ1) is 16.5. The minimum absolute atomic E-state index is 0.100. The first-order valence-corrected chi connectivity index (χ1v) is 12.5. The van der Waals surface area contributed by atoms with Crippen LogP contribution in [0.1, 0.15) is 52.9 Å². The lowest BCUT2D eigenvalue weighted by atomic mass is 9.75. The SMILES string of the molecule is CCNCC1(C/C=C(\C)OC(F)(F)F)CCN(CC(O)C2CCN(C(=O)/C(C)=C/CF)CC2)CC1. The van der Waals surface area contributed by atoms with Gasteiger partial charge in [0.25, 0.3) is 0 Å². The molecule has 0 aromatic rings. The van der Waals surface area contributed by atoms with Gasteiger partial charge in [-0.25, -0.2) is 4.39 Å². The van der Waals surface area contributed by atoms with Crippen molar-refractivity contribution in [3.8, 4) is 0 Å². The highest BCUT2D eigenvalue weighted by molar-refractivity contribution is 5.92. The average Bonchev–Trinajstić information content (AvgIpc) is 2.81. The first kappa shape index (κ1) is 29.6. The van der Waals surface area contributed by atoms with Gasteiger partial charge in [0.2, 0.25) is 5.91 Å². The molecule has 0 aromatic carbocycles. The van der Waals surface area contributed by atoms with Crippen molar-refractivity contribution < 1.29 is 32.2 Å². The maximum Gasteiger partial charge on any atom is 0.572 e. The number of aliphatic hydroxyl groups is 1. The summed E-state index contributed by atoms with van der Waals surface area (Å²) in [6, 6.07) is 0. The molecule has 2 fully saturated rings. The van der Waals surface area contributed by atoms with Crippen molar-refractivity contribution in [2.24, 2.45) is 11.3 Å². The fourth-order valence-electron chi connectivity index (χ4n) is 4.99. The Kier molecular flexibility index (Phi) is 11.5. The van der Waals surface area contributed by atoms with Gasteiger partial charge in [-0.1, -0.05) is 6.92 Å². The Morgan fingerprint density at radius 2 is 1.80 bits per heavy atom. The van der Waals surface area contributed by atoms with Crippen molar-refractivity contribution in [2.45, 2.75) is 65.3 Å². The minimum atomic E-state index is -4.68. The molecule has 10 heteroatoms. The molecule has 2 saturated heterocycles. The normalized spacial score (nSPS) is 21.8. The lowest BCUT2D eigenvalue weighted by Gasteiger charge is -2.43. The van der Waals surface area contributed by atoms with Crippen molar-refractivity contribution in [2.75, 3.05) is 52.5 Å². The molecule has 1 unspecified atom stereocenters. The molecule has 6 nitrogen and oxygen atoms in total. The second-order valence-electron chi connectivity index (χ2n) is 9.89. The quantitative estimate of drug-likeness (QED) is 0.251. The number of β-amino-alcohol motifs (C(OH)–C–C–N with tert-alkyl or cyclic N) is 1. The molecular weight excluding hydrogens is 466 g/mol. The zero-order chi connectivity index (χ0) is 26.1. The summed E-state index contributed by atoms with van der Waals surface area (Å²) in [5.74, 6) is -0.178. The highest BCUT2D eigenvalue weighted by Crippen LogP contribution is 2.36. The molecule has 202 valence electrons. The van der Waals surface area contributed by atoms with Crippen LogP contribution in [0.3, 0.4) is 0 Å². The number of carbonyl (C=O) groups is 1. The van der Waals surface area contributed by atoms with Gasteiger partial charge in [0.05, 0.1) is 11.9 Å². The lowest BCUT2D eigenvalue weighted by molar-refractivity contribution is -0.305. The lowest BCUT2D eigenvalue weighted by Crippen LogP contribution is -2.49. The van der Waals surface area contributed by atoms with Gasteiger partial charge in [-0.15, -0.1) is 13.2 Å². The molecule has 0 bridgehead atoms. The van der Waals surface area contributed by atoms with Gasteiger partial charge in [0, 0.05) is 31.8 Å². The van der Waals surface area contributed by atoms with Crippen molar-refractivity contribution >= 4 is 5.91 Å². The van der Waals surface area contributed by atoms with Gasteiger partial charge in [-0.3, -0.25) is 4.79 Å². The van der Waals surface area contributed by atoms with Gasteiger partial charge >= 0.3 is 6.36 Å². The number of rotatable bonds is 11. The molecule has 0 spiro atoms. The van der Waals surface area contributed by atoms with Crippen LogP contribution in [0.25, 0.3) is 0 Å². The van der Waals surface area contributed by atoms with Crippen LogP contribution in [0.5, 0.6) is 0 Å². The first-order valence-electron chi connectivity index (χ1n) is 12.5. The Hall–Kier alpha value is -1.65. The predicted molar refractivity (Wildman–Crippen MR) is 127 cm³/mol. The van der Waals surface area contributed by atoms with Crippen LogP contribution >= 0.6 is 0 Å². The number of carbonyl (C=O) groups excluding carboxylic acids is 1. The molecule has 2 aliphatic heterocycles. The maximum absolute atomic E-state index is 12.5. The van der Waals surface area contributed by atoms with E-state index in [4.69, 9.17) is 0 Å². The van der Waals surface area contributed by atoms with Crippen molar-refractivity contribution in [3.63, 3.8) is 0 Å². The second-order valence-corrected chi connectivity index (χ2v) is 9.89. The molecule has 2 heterocycles. The van der Waals surface area contributed by atoms with Crippen LogP contribution in [0.15, 0.2) is 23.5 Å². The number of nitrogens with zero attached hydrogens (tertiary/aromatic N) is 2. The minimum Gasteiger partial charge on any atom is -0.411 e. The third kappa shape index (κ3) is 9.73. The summed E-state index contributed by atoms with van der Waals surface area (Å²) in [6.45, 7) is 8.98. The number of aliphatic hydroxyl groups excluding tert-OH is 1. The largest absolute Gasteiger partial charge is 0.572 e. The Morgan fingerprint density at radius 1 is 1.17 bits per heavy atom. The van der Waals surface area contributed by atoms with Crippen molar-refractivity contribution in [1.29, 1.82) is 0 Å². The van der Waals surface area contributed by atoms with E-state index < -0.39 is 19.1 Å². The van der Waals surface area contributed by atoms with Gasteiger partial charge in [-0.05, 0) is 89.1 Å². The van der Waals surface area contributed by atoms with Crippen molar-refractivity contribution in [3.05, 3.63) is 23.5 Å². The van der Waals surface area contributed by atoms with Crippen LogP contribution in [0, 0.1) is 11.3 Å². The van der Waals surface area contributed by atoms with E-state index in [9.17, 15) is 27.5 Å². The molecule has 1 atom stereocenters. The molecule has 0 saturated carbocycles. The molecule has 2 N–H and O–H groups in total. The number of amides is 1. The summed E-state index contributed by atoms with van der Waals surface area (Å²) in [5, 5.41) is 14.2. The third-order valence-electron chi connectivity index (χ3n) is 7.30. The Labute approximate surface area is 206 Å². The molecule has 0 aliphatic carbocycles. The maximum atomic E-state index is 12.5. The zero-order valence-electron chi connectivity index (χ0n) is 21.2. The summed E-state index contributed by atoms with van der Waals surface area (Å²) >= 11 is 0. The number of piperidine rings is 2. The number of likely N-dealkylation sites (tertiary alicyclic amines) is 2. The van der Waals surface area contributed by atoms with E-state index in [0.29, 0.717) is 44.5 Å². The Balaban J connectivity index is 1.85. The van der Waals surface area contributed by atoms with Crippen LogP contribution in [-0.4, -0.2) is 85.8 Å². The molecule has 1 amide bonds. The van der Waals surface area contributed by atoms with E-state index in [1.54, 1.807) is 11.8 Å². The number of nitrogens with one attached hydrogen (secondary N) is 1. The second kappa shape index (κ2) is 13.6. The Bertz CT molecular complexity index is 726. The van der Waals surface area contributed by atoms with Gasteiger partial charge < -0.3 is 25.0 Å². The van der Waals surface area contributed by atoms with E-state index >= 15 is 0 Å². The topological polar surface area (TPSA) is 65.0 Å². The van der Waals surface area contributed by atoms with Crippen molar-refractivity contribution in [1.82, 2.24) is 15.1 Å². The van der Waals surface area contributed by atoms with Gasteiger partial charge in [0.1, 0.15) is 6.67 Å². The number of ether oxygens (including phenoxy) is 1. The van der Waals surface area contributed by atoms with Crippen LogP contribution in [0.2, 0.25) is 0 Å². The summed E-state index contributed by atoms with van der Waals surface area (Å²) in [5.41, 5.74) is 0.264. The third-order valence-corrected chi connectivity index (χ3v) is 7.30.